The maximum Gasteiger partial charge on any atom is 0.306 e. The largest absolute Gasteiger partial charge is 0.462 e. The molecule has 6 nitrogen and oxygen atoms in total. The van der Waals surface area contributed by atoms with Gasteiger partial charge in [0.2, 0.25) is 0 Å². The van der Waals surface area contributed by atoms with E-state index in [2.05, 4.69) is 44.2 Å². The van der Waals surface area contributed by atoms with Crippen LogP contribution in [0.4, 0.5) is 0 Å². The summed E-state index contributed by atoms with van der Waals surface area (Å²) in [6, 6.07) is 0. The molecule has 0 fully saturated rings. The fourth-order valence-electron chi connectivity index (χ4n) is 5.47. The van der Waals surface area contributed by atoms with Gasteiger partial charge >= 0.3 is 11.9 Å². The molecule has 288 valence electrons. The summed E-state index contributed by atoms with van der Waals surface area (Å²) in [5, 5.41) is 19.3. The summed E-state index contributed by atoms with van der Waals surface area (Å²) in [6.07, 6.45) is 44.8. The van der Waals surface area contributed by atoms with Gasteiger partial charge in [-0.25, -0.2) is 0 Å². The lowest BCUT2D eigenvalue weighted by molar-refractivity contribution is -0.161. The van der Waals surface area contributed by atoms with Crippen molar-refractivity contribution >= 4 is 11.9 Å². The van der Waals surface area contributed by atoms with Crippen LogP contribution in [0.1, 0.15) is 175 Å². The third-order valence-corrected chi connectivity index (χ3v) is 8.94. The monoisotopic (exact) mass is 701 g/mol. The van der Waals surface area contributed by atoms with Crippen LogP contribution < -0.4 is 0 Å². The Morgan fingerprint density at radius 2 is 1.18 bits per heavy atom. The van der Waals surface area contributed by atoms with E-state index in [4.69, 9.17) is 9.47 Å². The Balaban J connectivity index is 3.68. The number of aliphatic hydroxyl groups is 2. The molecule has 0 saturated carbocycles. The first-order chi connectivity index (χ1) is 24.4. The first-order valence-electron chi connectivity index (χ1n) is 20.3. The van der Waals surface area contributed by atoms with E-state index in [0.29, 0.717) is 19.3 Å². The molecule has 50 heavy (non-hydrogen) atoms. The van der Waals surface area contributed by atoms with E-state index in [1.807, 2.05) is 37.3 Å². The number of esters is 2. The summed E-state index contributed by atoms with van der Waals surface area (Å²) in [6.45, 7) is 6.24. The molecule has 0 aliphatic heterocycles. The Bertz CT molecular complexity index is 917. The second-order valence-electron chi connectivity index (χ2n) is 13.8. The molecule has 0 amide bonds. The predicted octanol–water partition coefficient (Wildman–Crippen LogP) is 11.6. The van der Waals surface area contributed by atoms with Gasteiger partial charge in [-0.15, -0.1) is 0 Å². The van der Waals surface area contributed by atoms with Gasteiger partial charge in [-0.1, -0.05) is 178 Å². The highest BCUT2D eigenvalue weighted by molar-refractivity contribution is 5.70. The molecule has 2 unspecified atom stereocenters. The van der Waals surface area contributed by atoms with Gasteiger partial charge in [0.05, 0.1) is 12.7 Å². The number of rotatable bonds is 35. The summed E-state index contributed by atoms with van der Waals surface area (Å²) >= 11 is 0. The number of hydrogen-bond acceptors (Lipinski definition) is 6. The Labute approximate surface area is 307 Å². The van der Waals surface area contributed by atoms with E-state index in [-0.39, 0.29) is 31.6 Å². The Morgan fingerprint density at radius 3 is 1.78 bits per heavy atom. The Hall–Kier alpha value is -2.44. The first kappa shape index (κ1) is 47.6. The van der Waals surface area contributed by atoms with E-state index >= 15 is 0 Å². The lowest BCUT2D eigenvalue weighted by Gasteiger charge is -2.15. The quantitative estimate of drug-likeness (QED) is 0.0296. The van der Waals surface area contributed by atoms with Crippen molar-refractivity contribution in [3.63, 3.8) is 0 Å². The van der Waals surface area contributed by atoms with Gasteiger partial charge in [0, 0.05) is 12.8 Å². The number of carbonyl (C=O) groups is 2. The zero-order chi connectivity index (χ0) is 36.8. The highest BCUT2D eigenvalue weighted by atomic mass is 16.6. The molecule has 0 aromatic heterocycles. The van der Waals surface area contributed by atoms with E-state index in [1.54, 1.807) is 0 Å². The highest BCUT2D eigenvalue weighted by Crippen LogP contribution is 2.16. The first-order valence-corrected chi connectivity index (χ1v) is 20.3. The molecule has 0 aliphatic carbocycles. The average Bonchev–Trinajstić information content (AvgIpc) is 3.12. The van der Waals surface area contributed by atoms with Gasteiger partial charge < -0.3 is 19.7 Å². The maximum absolute atomic E-state index is 12.2. The van der Waals surface area contributed by atoms with Gasteiger partial charge in [0.15, 0.2) is 6.10 Å². The summed E-state index contributed by atoms with van der Waals surface area (Å²) in [5.41, 5.74) is 0. The zero-order valence-electron chi connectivity index (χ0n) is 32.4. The molecule has 6 heteroatoms. The van der Waals surface area contributed by atoms with Crippen LogP contribution >= 0.6 is 0 Å². The molecule has 2 N–H and O–H groups in total. The molecule has 0 saturated heterocycles. The van der Waals surface area contributed by atoms with Crippen LogP contribution in [0.3, 0.4) is 0 Å². The number of allylic oxidation sites excluding steroid dienone is 8. The van der Waals surface area contributed by atoms with Crippen molar-refractivity contribution in [2.24, 2.45) is 5.92 Å². The van der Waals surface area contributed by atoms with E-state index in [9.17, 15) is 19.8 Å². The third-order valence-electron chi connectivity index (χ3n) is 8.94. The van der Waals surface area contributed by atoms with E-state index in [1.165, 1.54) is 83.5 Å². The van der Waals surface area contributed by atoms with Crippen molar-refractivity contribution in [1.82, 2.24) is 0 Å². The van der Waals surface area contributed by atoms with Crippen LogP contribution in [0.25, 0.3) is 0 Å². The number of unbranched alkanes of at least 4 members (excludes halogenated alkanes) is 14. The average molecular weight is 701 g/mol. The summed E-state index contributed by atoms with van der Waals surface area (Å²) < 4.78 is 10.6. The standard InChI is InChI=1S/C44H76O6/c1-4-6-34-41(46)35-30-26-22-18-14-11-12-16-20-24-28-32-37-44(48)50-42(38-45)39-49-43(47)36-31-27-23-19-15-10-8-7-9-13-17-21-25-29-33-40(3)5-2/h6,11-12,18,20,22,24,26,30,34,40-42,45-46H,4-5,7-10,13-17,19,21,23,25,27-29,31-33,35-39H2,1-3H3/b12-11-,22-18-,24-20-,30-26+,34-6-/t40?,41?,42-/m0/s1. The molecule has 0 spiro atoms. The van der Waals surface area contributed by atoms with E-state index < -0.39 is 12.2 Å². The van der Waals surface area contributed by atoms with Crippen LogP contribution in [-0.4, -0.2) is 47.6 Å². The smallest absolute Gasteiger partial charge is 0.306 e. The van der Waals surface area contributed by atoms with Crippen LogP contribution in [0, 0.1) is 5.92 Å². The number of hydrogen-bond donors (Lipinski definition) is 2. The molecular weight excluding hydrogens is 624 g/mol. The number of ether oxygens (including phenoxy) is 2. The van der Waals surface area contributed by atoms with Crippen LogP contribution in [0.15, 0.2) is 60.8 Å². The van der Waals surface area contributed by atoms with Gasteiger partial charge in [-0.2, -0.15) is 0 Å². The summed E-state index contributed by atoms with van der Waals surface area (Å²) in [5.74, 6) is 0.212. The number of carbonyl (C=O) groups excluding carboxylic acids is 2. The molecule has 3 atom stereocenters. The molecule has 0 aromatic carbocycles. The van der Waals surface area contributed by atoms with Crippen molar-refractivity contribution in [3.05, 3.63) is 60.8 Å². The topological polar surface area (TPSA) is 93.1 Å². The van der Waals surface area contributed by atoms with Crippen molar-refractivity contribution in [2.45, 2.75) is 187 Å². The second-order valence-corrected chi connectivity index (χ2v) is 13.8. The van der Waals surface area contributed by atoms with E-state index in [0.717, 1.165) is 50.9 Å². The van der Waals surface area contributed by atoms with Gasteiger partial charge in [0.25, 0.3) is 0 Å². The predicted molar refractivity (Wildman–Crippen MR) is 211 cm³/mol. The van der Waals surface area contributed by atoms with Gasteiger partial charge in [0.1, 0.15) is 6.61 Å². The molecular formula is C44H76O6. The minimum Gasteiger partial charge on any atom is -0.462 e. The molecule has 0 aromatic rings. The fourth-order valence-corrected chi connectivity index (χ4v) is 5.47. The van der Waals surface area contributed by atoms with Gasteiger partial charge in [-0.05, 0) is 50.9 Å². The highest BCUT2D eigenvalue weighted by Gasteiger charge is 2.16. The minimum atomic E-state index is -0.814. The van der Waals surface area contributed by atoms with Crippen molar-refractivity contribution in [3.8, 4) is 0 Å². The fraction of sp³-hybridized carbons (Fsp3) is 0.727. The van der Waals surface area contributed by atoms with Crippen LogP contribution in [0.2, 0.25) is 0 Å². The molecule has 0 radical (unpaired) electrons. The maximum atomic E-state index is 12.2. The van der Waals surface area contributed by atoms with Crippen LogP contribution in [-0.2, 0) is 19.1 Å². The number of aliphatic hydroxyl groups excluding tert-OH is 2. The lowest BCUT2D eigenvalue weighted by atomic mass is 9.99. The molecule has 0 bridgehead atoms. The lowest BCUT2D eigenvalue weighted by Crippen LogP contribution is -2.28. The van der Waals surface area contributed by atoms with Crippen molar-refractivity contribution < 1.29 is 29.3 Å². The summed E-state index contributed by atoms with van der Waals surface area (Å²) in [7, 11) is 0. The molecule has 0 rings (SSSR count). The second kappa shape index (κ2) is 37.8. The van der Waals surface area contributed by atoms with Crippen molar-refractivity contribution in [1.29, 1.82) is 0 Å². The molecule has 0 heterocycles. The minimum absolute atomic E-state index is 0.100. The summed E-state index contributed by atoms with van der Waals surface area (Å²) in [4.78, 5) is 24.3. The normalized spacial score (nSPS) is 14.1. The third kappa shape index (κ3) is 35.4. The molecule has 0 aliphatic rings. The Kier molecular flexibility index (Phi) is 36.0. The van der Waals surface area contributed by atoms with Crippen LogP contribution in [0.5, 0.6) is 0 Å². The SMILES string of the molecule is CC/C=C\C(O)C/C=C/C=C\C/C=C\C/C=C\CCCC(=O)O[C@@H](CO)COC(=O)CCCCCCCCCCCCCCCCC(C)CC. The van der Waals surface area contributed by atoms with Gasteiger partial charge in [-0.3, -0.25) is 9.59 Å². The Morgan fingerprint density at radius 1 is 0.640 bits per heavy atom. The zero-order valence-corrected chi connectivity index (χ0v) is 32.4. The van der Waals surface area contributed by atoms with Crippen molar-refractivity contribution in [2.75, 3.05) is 13.2 Å².